The molecule has 4 fully saturated rings. The van der Waals surface area contributed by atoms with Gasteiger partial charge in [-0.3, -0.25) is 0 Å². The second kappa shape index (κ2) is 6.00. The Kier molecular flexibility index (Phi) is 4.03. The summed E-state index contributed by atoms with van der Waals surface area (Å²) in [5.74, 6) is 0. The van der Waals surface area contributed by atoms with Crippen LogP contribution in [0.2, 0.25) is 0 Å². The van der Waals surface area contributed by atoms with Crippen molar-refractivity contribution in [1.29, 1.82) is 0 Å². The highest BCUT2D eigenvalue weighted by atomic mass is 16.5. The first-order valence-corrected chi connectivity index (χ1v) is 9.15. The third kappa shape index (κ3) is 2.52. The highest BCUT2D eigenvalue weighted by Crippen LogP contribution is 2.48. The SMILES string of the molecule is O=C1N(CCNC2CCC23CCOCC3)CC2CCCCN12. The third-order valence-corrected chi connectivity index (χ3v) is 6.51. The van der Waals surface area contributed by atoms with E-state index in [1.54, 1.807) is 0 Å². The number of ether oxygens (including phenoxy) is 1. The second-order valence-electron chi connectivity index (χ2n) is 7.59. The summed E-state index contributed by atoms with van der Waals surface area (Å²) in [6, 6.07) is 1.42. The molecule has 0 bridgehead atoms. The molecule has 1 saturated carbocycles. The zero-order valence-corrected chi connectivity index (χ0v) is 13.6. The average molecular weight is 307 g/mol. The Bertz CT molecular complexity index is 422. The minimum Gasteiger partial charge on any atom is -0.381 e. The van der Waals surface area contributed by atoms with Crippen molar-refractivity contribution in [3.05, 3.63) is 0 Å². The molecule has 2 unspecified atom stereocenters. The predicted molar refractivity (Wildman–Crippen MR) is 84.8 cm³/mol. The average Bonchev–Trinajstić information content (AvgIpc) is 2.88. The lowest BCUT2D eigenvalue weighted by Gasteiger charge is -2.52. The summed E-state index contributed by atoms with van der Waals surface area (Å²) >= 11 is 0. The number of piperidine rings is 1. The number of rotatable bonds is 4. The summed E-state index contributed by atoms with van der Waals surface area (Å²) in [5, 5.41) is 3.74. The maximum atomic E-state index is 12.4. The molecule has 0 radical (unpaired) electrons. The number of carbonyl (C=O) groups excluding carboxylic acids is 1. The zero-order chi connectivity index (χ0) is 15.0. The first-order valence-electron chi connectivity index (χ1n) is 9.15. The van der Waals surface area contributed by atoms with Crippen LogP contribution in [-0.4, -0.2) is 67.3 Å². The van der Waals surface area contributed by atoms with Gasteiger partial charge >= 0.3 is 6.03 Å². The summed E-state index contributed by atoms with van der Waals surface area (Å²) in [4.78, 5) is 16.6. The Morgan fingerprint density at radius 2 is 2.05 bits per heavy atom. The number of amides is 2. The molecule has 3 aliphatic heterocycles. The minimum atomic E-state index is 0.279. The molecule has 4 rings (SSSR count). The summed E-state index contributed by atoms with van der Waals surface area (Å²) in [5.41, 5.74) is 0.505. The summed E-state index contributed by atoms with van der Waals surface area (Å²) in [7, 11) is 0. The van der Waals surface area contributed by atoms with Crippen LogP contribution < -0.4 is 5.32 Å². The van der Waals surface area contributed by atoms with E-state index in [9.17, 15) is 4.79 Å². The van der Waals surface area contributed by atoms with Gasteiger partial charge in [0.05, 0.1) is 6.04 Å². The van der Waals surface area contributed by atoms with Crippen molar-refractivity contribution in [1.82, 2.24) is 15.1 Å². The molecule has 22 heavy (non-hydrogen) atoms. The Hall–Kier alpha value is -0.810. The zero-order valence-electron chi connectivity index (χ0n) is 13.6. The normalized spacial score (nSPS) is 33.9. The lowest BCUT2D eigenvalue weighted by Crippen LogP contribution is -2.56. The van der Waals surface area contributed by atoms with Crippen molar-refractivity contribution in [3.8, 4) is 0 Å². The number of hydrogen-bond donors (Lipinski definition) is 1. The van der Waals surface area contributed by atoms with E-state index in [1.807, 2.05) is 0 Å². The molecule has 1 spiro atoms. The Labute approximate surface area is 133 Å². The van der Waals surface area contributed by atoms with Gasteiger partial charge in [-0.15, -0.1) is 0 Å². The van der Waals surface area contributed by atoms with Crippen LogP contribution >= 0.6 is 0 Å². The Morgan fingerprint density at radius 3 is 2.77 bits per heavy atom. The van der Waals surface area contributed by atoms with Gasteiger partial charge in [0.15, 0.2) is 0 Å². The van der Waals surface area contributed by atoms with E-state index in [1.165, 1.54) is 44.9 Å². The summed E-state index contributed by atoms with van der Waals surface area (Å²) < 4.78 is 5.52. The van der Waals surface area contributed by atoms with Gasteiger partial charge < -0.3 is 19.9 Å². The number of nitrogens with zero attached hydrogens (tertiary/aromatic N) is 2. The van der Waals surface area contributed by atoms with E-state index in [2.05, 4.69) is 15.1 Å². The minimum absolute atomic E-state index is 0.279. The fraction of sp³-hybridized carbons (Fsp3) is 0.941. The van der Waals surface area contributed by atoms with E-state index in [4.69, 9.17) is 4.74 Å². The fourth-order valence-corrected chi connectivity index (χ4v) is 4.91. The van der Waals surface area contributed by atoms with E-state index in [0.717, 1.165) is 39.4 Å². The van der Waals surface area contributed by atoms with Gasteiger partial charge in [0, 0.05) is 45.4 Å². The largest absolute Gasteiger partial charge is 0.381 e. The van der Waals surface area contributed by atoms with E-state index < -0.39 is 0 Å². The molecule has 1 aliphatic carbocycles. The van der Waals surface area contributed by atoms with Crippen LogP contribution in [0.1, 0.15) is 44.9 Å². The number of fused-ring (bicyclic) bond motifs is 1. The highest BCUT2D eigenvalue weighted by Gasteiger charge is 2.47. The van der Waals surface area contributed by atoms with Crippen LogP contribution in [0.25, 0.3) is 0 Å². The lowest BCUT2D eigenvalue weighted by molar-refractivity contribution is -0.0547. The van der Waals surface area contributed by atoms with Crippen molar-refractivity contribution in [2.24, 2.45) is 5.41 Å². The van der Waals surface area contributed by atoms with Crippen molar-refractivity contribution >= 4 is 6.03 Å². The number of hydrogen-bond acceptors (Lipinski definition) is 3. The standard InChI is InChI=1S/C17H29N3O2/c21-16-19(13-14-3-1-2-9-20(14)16)10-8-18-15-4-5-17(15)6-11-22-12-7-17/h14-15,18H,1-13H2. The Morgan fingerprint density at radius 1 is 1.18 bits per heavy atom. The summed E-state index contributed by atoms with van der Waals surface area (Å²) in [6.45, 7) is 5.59. The van der Waals surface area contributed by atoms with Gasteiger partial charge in [-0.05, 0) is 50.4 Å². The maximum absolute atomic E-state index is 12.4. The molecule has 5 nitrogen and oxygen atoms in total. The monoisotopic (exact) mass is 307 g/mol. The molecule has 124 valence electrons. The molecule has 3 heterocycles. The van der Waals surface area contributed by atoms with E-state index in [-0.39, 0.29) is 6.03 Å². The molecule has 5 heteroatoms. The molecule has 2 amide bonds. The third-order valence-electron chi connectivity index (χ3n) is 6.51. The van der Waals surface area contributed by atoms with Gasteiger partial charge in [0.2, 0.25) is 0 Å². The van der Waals surface area contributed by atoms with E-state index in [0.29, 0.717) is 17.5 Å². The molecule has 0 aromatic heterocycles. The number of nitrogens with one attached hydrogen (secondary N) is 1. The van der Waals surface area contributed by atoms with Crippen LogP contribution in [0.4, 0.5) is 4.79 Å². The topological polar surface area (TPSA) is 44.8 Å². The van der Waals surface area contributed by atoms with Gasteiger partial charge in [-0.25, -0.2) is 4.79 Å². The molecular weight excluding hydrogens is 278 g/mol. The van der Waals surface area contributed by atoms with Crippen molar-refractivity contribution in [2.45, 2.75) is 57.0 Å². The molecular formula is C17H29N3O2. The molecule has 2 atom stereocenters. The van der Waals surface area contributed by atoms with Crippen molar-refractivity contribution < 1.29 is 9.53 Å². The van der Waals surface area contributed by atoms with Gasteiger partial charge in [0.1, 0.15) is 0 Å². The van der Waals surface area contributed by atoms with E-state index >= 15 is 0 Å². The lowest BCUT2D eigenvalue weighted by atomic mass is 9.60. The maximum Gasteiger partial charge on any atom is 0.320 e. The van der Waals surface area contributed by atoms with Crippen molar-refractivity contribution in [3.63, 3.8) is 0 Å². The highest BCUT2D eigenvalue weighted by molar-refractivity contribution is 5.77. The molecule has 4 aliphatic rings. The Balaban J connectivity index is 1.25. The van der Waals surface area contributed by atoms with Gasteiger partial charge in [-0.1, -0.05) is 0 Å². The van der Waals surface area contributed by atoms with Gasteiger partial charge in [0.25, 0.3) is 0 Å². The van der Waals surface area contributed by atoms with Crippen LogP contribution in [0.3, 0.4) is 0 Å². The van der Waals surface area contributed by atoms with Gasteiger partial charge in [-0.2, -0.15) is 0 Å². The molecule has 0 aromatic rings. The number of carbonyl (C=O) groups is 1. The second-order valence-corrected chi connectivity index (χ2v) is 7.59. The van der Waals surface area contributed by atoms with Crippen LogP contribution in [0.5, 0.6) is 0 Å². The van der Waals surface area contributed by atoms with Crippen LogP contribution in [0, 0.1) is 5.41 Å². The first kappa shape index (κ1) is 14.8. The fourth-order valence-electron chi connectivity index (χ4n) is 4.91. The summed E-state index contributed by atoms with van der Waals surface area (Å²) in [6.07, 6.45) is 8.73. The molecule has 1 N–H and O–H groups in total. The van der Waals surface area contributed by atoms with Crippen molar-refractivity contribution in [2.75, 3.05) is 39.4 Å². The van der Waals surface area contributed by atoms with Crippen LogP contribution in [0.15, 0.2) is 0 Å². The quantitative estimate of drug-likeness (QED) is 0.862. The molecule has 3 saturated heterocycles. The molecule has 0 aromatic carbocycles. The number of urea groups is 1. The predicted octanol–water partition coefficient (Wildman–Crippen LogP) is 1.83. The first-order chi connectivity index (χ1) is 10.8. The smallest absolute Gasteiger partial charge is 0.320 e. The van der Waals surface area contributed by atoms with Crippen LogP contribution in [-0.2, 0) is 4.74 Å².